The molecule has 0 radical (unpaired) electrons. The molecule has 1 saturated heterocycles. The van der Waals surface area contributed by atoms with E-state index in [9.17, 15) is 14.0 Å². The van der Waals surface area contributed by atoms with Gasteiger partial charge in [-0.25, -0.2) is 4.39 Å². The number of pyridine rings is 1. The van der Waals surface area contributed by atoms with Gasteiger partial charge in [0.05, 0.1) is 36.5 Å². The normalized spacial score (nSPS) is 20.4. The van der Waals surface area contributed by atoms with Gasteiger partial charge in [0.25, 0.3) is 11.5 Å². The number of nitrogens with one attached hydrogen (secondary N) is 1. The first kappa shape index (κ1) is 15.4. The van der Waals surface area contributed by atoms with Gasteiger partial charge in [0, 0.05) is 12.3 Å². The molecule has 120 valence electrons. The highest BCUT2D eigenvalue weighted by molar-refractivity contribution is 5.95. The van der Waals surface area contributed by atoms with E-state index >= 15 is 0 Å². The predicted octanol–water partition coefficient (Wildman–Crippen LogP) is 0.432. The van der Waals surface area contributed by atoms with E-state index in [1.165, 1.54) is 29.0 Å². The van der Waals surface area contributed by atoms with E-state index in [4.69, 9.17) is 10.5 Å². The second kappa shape index (κ2) is 6.31. The van der Waals surface area contributed by atoms with Gasteiger partial charge >= 0.3 is 0 Å². The fourth-order valence-electron chi connectivity index (χ4n) is 2.44. The van der Waals surface area contributed by atoms with E-state index in [1.54, 1.807) is 12.1 Å². The van der Waals surface area contributed by atoms with Gasteiger partial charge in [-0.2, -0.15) is 0 Å². The first-order valence-corrected chi connectivity index (χ1v) is 7.18. The Kier molecular flexibility index (Phi) is 4.22. The van der Waals surface area contributed by atoms with Crippen LogP contribution < -0.4 is 16.6 Å². The second-order valence-corrected chi connectivity index (χ2v) is 5.35. The molecule has 0 spiro atoms. The molecule has 23 heavy (non-hydrogen) atoms. The number of rotatable bonds is 3. The van der Waals surface area contributed by atoms with Gasteiger partial charge in [-0.05, 0) is 24.3 Å². The van der Waals surface area contributed by atoms with Crippen molar-refractivity contribution in [1.82, 2.24) is 9.88 Å². The molecule has 6 nitrogen and oxygen atoms in total. The van der Waals surface area contributed by atoms with Gasteiger partial charge in [-0.1, -0.05) is 6.07 Å². The number of ether oxygens (including phenoxy) is 1. The molecule has 1 amide bonds. The minimum Gasteiger partial charge on any atom is -0.378 e. The summed E-state index contributed by atoms with van der Waals surface area (Å²) < 4.78 is 20.7. The Bertz CT molecular complexity index is 790. The van der Waals surface area contributed by atoms with Crippen molar-refractivity contribution in [2.45, 2.75) is 12.1 Å². The molecule has 7 heteroatoms. The van der Waals surface area contributed by atoms with Crippen molar-refractivity contribution in [2.75, 3.05) is 13.2 Å². The maximum Gasteiger partial charge on any atom is 0.255 e. The average molecular weight is 317 g/mol. The van der Waals surface area contributed by atoms with Crippen molar-refractivity contribution in [3.05, 3.63) is 64.3 Å². The third-order valence-electron chi connectivity index (χ3n) is 3.74. The molecule has 2 aromatic rings. The van der Waals surface area contributed by atoms with E-state index in [1.807, 2.05) is 0 Å². The number of nitrogens with two attached hydrogens (primary N) is 1. The third kappa shape index (κ3) is 3.15. The van der Waals surface area contributed by atoms with Crippen LogP contribution in [-0.4, -0.2) is 35.8 Å². The molecule has 0 aliphatic carbocycles. The maximum atomic E-state index is 14.3. The molecule has 1 fully saturated rings. The Labute approximate surface area is 131 Å². The van der Waals surface area contributed by atoms with Crippen LogP contribution in [0.2, 0.25) is 0 Å². The van der Waals surface area contributed by atoms with Gasteiger partial charge < -0.3 is 15.8 Å². The number of carbonyl (C=O) groups excluding carboxylic acids is 1. The summed E-state index contributed by atoms with van der Waals surface area (Å²) >= 11 is 0. The molecule has 2 unspecified atom stereocenters. The standard InChI is InChI=1S/C16H16FN3O3/c17-12-7-10(20-6-2-1-3-15(20)21)4-5-11(12)16(22)19-14-9-23-8-13(14)18/h1-7,13-14H,8-9,18H2,(H,19,22). The van der Waals surface area contributed by atoms with E-state index in [0.717, 1.165) is 6.07 Å². The lowest BCUT2D eigenvalue weighted by Crippen LogP contribution is -2.46. The van der Waals surface area contributed by atoms with Crippen LogP contribution in [0.5, 0.6) is 0 Å². The summed E-state index contributed by atoms with van der Waals surface area (Å²) in [5.74, 6) is -1.26. The van der Waals surface area contributed by atoms with Crippen molar-refractivity contribution in [2.24, 2.45) is 5.73 Å². The molecule has 1 aromatic heterocycles. The van der Waals surface area contributed by atoms with Gasteiger partial charge in [-0.15, -0.1) is 0 Å². The topological polar surface area (TPSA) is 86.3 Å². The van der Waals surface area contributed by atoms with Crippen molar-refractivity contribution in [1.29, 1.82) is 0 Å². The molecule has 1 aromatic carbocycles. The van der Waals surface area contributed by atoms with Crippen LogP contribution in [0.3, 0.4) is 0 Å². The van der Waals surface area contributed by atoms with Crippen molar-refractivity contribution in [3.8, 4) is 5.69 Å². The average Bonchev–Trinajstić information content (AvgIpc) is 2.92. The summed E-state index contributed by atoms with van der Waals surface area (Å²) in [6.45, 7) is 0.676. The number of nitrogens with zero attached hydrogens (tertiary/aromatic N) is 1. The third-order valence-corrected chi connectivity index (χ3v) is 3.74. The maximum absolute atomic E-state index is 14.3. The van der Waals surface area contributed by atoms with Gasteiger partial charge in [0.1, 0.15) is 5.82 Å². The Morgan fingerprint density at radius 1 is 1.30 bits per heavy atom. The molecule has 1 aliphatic rings. The van der Waals surface area contributed by atoms with E-state index in [-0.39, 0.29) is 23.2 Å². The minimum absolute atomic E-state index is 0.100. The van der Waals surface area contributed by atoms with Crippen LogP contribution in [0.4, 0.5) is 4.39 Å². The zero-order valence-electron chi connectivity index (χ0n) is 12.2. The Morgan fingerprint density at radius 3 is 2.78 bits per heavy atom. The monoisotopic (exact) mass is 317 g/mol. The number of hydrogen-bond acceptors (Lipinski definition) is 4. The highest BCUT2D eigenvalue weighted by atomic mass is 19.1. The van der Waals surface area contributed by atoms with Crippen LogP contribution in [-0.2, 0) is 4.74 Å². The largest absolute Gasteiger partial charge is 0.378 e. The summed E-state index contributed by atoms with van der Waals surface area (Å²) in [4.78, 5) is 23.9. The number of hydrogen-bond donors (Lipinski definition) is 2. The van der Waals surface area contributed by atoms with Crippen LogP contribution in [0.15, 0.2) is 47.4 Å². The van der Waals surface area contributed by atoms with E-state index in [2.05, 4.69) is 5.32 Å². The smallest absolute Gasteiger partial charge is 0.255 e. The predicted molar refractivity (Wildman–Crippen MR) is 82.0 cm³/mol. The summed E-state index contributed by atoms with van der Waals surface area (Å²) in [7, 11) is 0. The number of benzene rings is 1. The van der Waals surface area contributed by atoms with Crippen LogP contribution in [0.1, 0.15) is 10.4 Å². The van der Waals surface area contributed by atoms with Crippen molar-refractivity contribution < 1.29 is 13.9 Å². The fraction of sp³-hybridized carbons (Fsp3) is 0.250. The minimum atomic E-state index is -0.705. The quantitative estimate of drug-likeness (QED) is 0.860. The second-order valence-electron chi connectivity index (χ2n) is 5.35. The van der Waals surface area contributed by atoms with E-state index in [0.29, 0.717) is 18.9 Å². The molecule has 0 bridgehead atoms. The molecule has 3 N–H and O–H groups in total. The number of amides is 1. The Morgan fingerprint density at radius 2 is 2.13 bits per heavy atom. The Balaban J connectivity index is 1.83. The van der Waals surface area contributed by atoms with Gasteiger partial charge in [0.15, 0.2) is 0 Å². The lowest BCUT2D eigenvalue weighted by molar-refractivity contribution is 0.0924. The molecule has 2 atom stereocenters. The summed E-state index contributed by atoms with van der Waals surface area (Å²) in [6, 6.07) is 8.03. The SMILES string of the molecule is NC1COCC1NC(=O)c1ccc(-n2ccccc2=O)cc1F. The Hall–Kier alpha value is -2.51. The van der Waals surface area contributed by atoms with Crippen molar-refractivity contribution >= 4 is 5.91 Å². The zero-order chi connectivity index (χ0) is 16.4. The molecular weight excluding hydrogens is 301 g/mol. The van der Waals surface area contributed by atoms with Gasteiger partial charge in [-0.3, -0.25) is 14.2 Å². The fourth-order valence-corrected chi connectivity index (χ4v) is 2.44. The summed E-state index contributed by atoms with van der Waals surface area (Å²) in [5.41, 5.74) is 5.76. The molecule has 2 heterocycles. The highest BCUT2D eigenvalue weighted by Gasteiger charge is 2.27. The van der Waals surface area contributed by atoms with Crippen LogP contribution in [0.25, 0.3) is 5.69 Å². The zero-order valence-corrected chi connectivity index (χ0v) is 12.2. The molecule has 0 saturated carbocycles. The molecule has 1 aliphatic heterocycles. The molecular formula is C16H16FN3O3. The first-order valence-electron chi connectivity index (χ1n) is 7.18. The number of aromatic nitrogens is 1. The highest BCUT2D eigenvalue weighted by Crippen LogP contribution is 2.14. The number of carbonyl (C=O) groups is 1. The van der Waals surface area contributed by atoms with Crippen LogP contribution in [0, 0.1) is 5.82 Å². The summed E-state index contributed by atoms with van der Waals surface area (Å²) in [6.07, 6.45) is 1.53. The summed E-state index contributed by atoms with van der Waals surface area (Å²) in [5, 5.41) is 2.66. The first-order chi connectivity index (χ1) is 11.1. The number of halogens is 1. The van der Waals surface area contributed by atoms with Crippen molar-refractivity contribution in [3.63, 3.8) is 0 Å². The lowest BCUT2D eigenvalue weighted by atomic mass is 10.1. The lowest BCUT2D eigenvalue weighted by Gasteiger charge is -2.16. The van der Waals surface area contributed by atoms with E-state index < -0.39 is 11.7 Å². The van der Waals surface area contributed by atoms with Crippen LogP contribution >= 0.6 is 0 Å². The molecule has 3 rings (SSSR count). The van der Waals surface area contributed by atoms with Gasteiger partial charge in [0.2, 0.25) is 0 Å².